The van der Waals surface area contributed by atoms with E-state index < -0.39 is 0 Å². The molecular formula is C15H23FN2O. The van der Waals surface area contributed by atoms with Crippen molar-refractivity contribution in [3.63, 3.8) is 0 Å². The van der Waals surface area contributed by atoms with Gasteiger partial charge in [-0.25, -0.2) is 4.39 Å². The van der Waals surface area contributed by atoms with Crippen LogP contribution in [0.3, 0.4) is 0 Å². The Bertz CT molecular complexity index is 370. The van der Waals surface area contributed by atoms with Crippen LogP contribution in [-0.4, -0.2) is 36.2 Å². The lowest BCUT2D eigenvalue weighted by molar-refractivity contribution is 0.107. The molecule has 0 bridgehead atoms. The second-order valence-electron chi connectivity index (χ2n) is 5.42. The number of benzene rings is 1. The molecule has 3 N–H and O–H groups in total. The van der Waals surface area contributed by atoms with E-state index >= 15 is 0 Å². The van der Waals surface area contributed by atoms with E-state index in [2.05, 4.69) is 4.90 Å². The van der Waals surface area contributed by atoms with E-state index in [9.17, 15) is 9.50 Å². The van der Waals surface area contributed by atoms with E-state index in [1.165, 1.54) is 12.1 Å². The van der Waals surface area contributed by atoms with Crippen molar-refractivity contribution >= 4 is 0 Å². The average Bonchev–Trinajstić information content (AvgIpc) is 2.44. The third-order valence-corrected chi connectivity index (χ3v) is 4.16. The van der Waals surface area contributed by atoms with Crippen LogP contribution in [0.5, 0.6) is 0 Å². The number of halogens is 1. The molecule has 1 aliphatic rings. The number of hydrogen-bond acceptors (Lipinski definition) is 3. The lowest BCUT2D eigenvalue weighted by atomic mass is 9.84. The standard InChI is InChI=1S/C15H23FN2O/c16-15-3-1-12(2-4-15)10-18-7-5-13(6-8-18)14(9-17)11-19/h1-4,13-14,19H,5-11,17H2. The molecular weight excluding hydrogens is 243 g/mol. The van der Waals surface area contributed by atoms with Crippen LogP contribution in [0, 0.1) is 17.7 Å². The summed E-state index contributed by atoms with van der Waals surface area (Å²) in [5.41, 5.74) is 6.83. The largest absolute Gasteiger partial charge is 0.396 e. The molecule has 0 spiro atoms. The summed E-state index contributed by atoms with van der Waals surface area (Å²) in [6, 6.07) is 6.71. The number of piperidine rings is 1. The Morgan fingerprint density at radius 2 is 1.89 bits per heavy atom. The van der Waals surface area contributed by atoms with Crippen molar-refractivity contribution in [2.45, 2.75) is 19.4 Å². The zero-order chi connectivity index (χ0) is 13.7. The summed E-state index contributed by atoms with van der Waals surface area (Å²) in [7, 11) is 0. The Balaban J connectivity index is 1.81. The summed E-state index contributed by atoms with van der Waals surface area (Å²) in [6.45, 7) is 3.69. The highest BCUT2D eigenvalue weighted by molar-refractivity contribution is 5.15. The van der Waals surface area contributed by atoms with Gasteiger partial charge < -0.3 is 10.8 Å². The van der Waals surface area contributed by atoms with Crippen molar-refractivity contribution in [3.8, 4) is 0 Å². The van der Waals surface area contributed by atoms with Crippen LogP contribution in [-0.2, 0) is 6.54 Å². The summed E-state index contributed by atoms with van der Waals surface area (Å²) < 4.78 is 12.8. The number of likely N-dealkylation sites (tertiary alicyclic amines) is 1. The van der Waals surface area contributed by atoms with E-state index in [1.54, 1.807) is 0 Å². The molecule has 4 heteroatoms. The van der Waals surface area contributed by atoms with Gasteiger partial charge in [-0.1, -0.05) is 12.1 Å². The Labute approximate surface area is 114 Å². The predicted molar refractivity (Wildman–Crippen MR) is 74.0 cm³/mol. The number of nitrogens with zero attached hydrogens (tertiary/aromatic N) is 1. The van der Waals surface area contributed by atoms with Gasteiger partial charge in [0.05, 0.1) is 0 Å². The summed E-state index contributed by atoms with van der Waals surface area (Å²) in [5, 5.41) is 9.28. The van der Waals surface area contributed by atoms with Gasteiger partial charge >= 0.3 is 0 Å². The van der Waals surface area contributed by atoms with Crippen molar-refractivity contribution < 1.29 is 9.50 Å². The van der Waals surface area contributed by atoms with E-state index in [4.69, 9.17) is 5.73 Å². The number of aliphatic hydroxyl groups is 1. The Kier molecular flexibility index (Phi) is 5.31. The third kappa shape index (κ3) is 4.00. The van der Waals surface area contributed by atoms with Gasteiger partial charge in [0.1, 0.15) is 5.82 Å². The zero-order valence-corrected chi connectivity index (χ0v) is 11.3. The first-order valence-electron chi connectivity index (χ1n) is 7.00. The van der Waals surface area contributed by atoms with Crippen molar-refractivity contribution in [2.24, 2.45) is 17.6 Å². The Hall–Kier alpha value is -0.970. The van der Waals surface area contributed by atoms with Crippen molar-refractivity contribution in [2.75, 3.05) is 26.2 Å². The molecule has 1 aliphatic heterocycles. The third-order valence-electron chi connectivity index (χ3n) is 4.16. The molecule has 0 aromatic heterocycles. The van der Waals surface area contributed by atoms with Crippen LogP contribution in [0.15, 0.2) is 24.3 Å². The Morgan fingerprint density at radius 1 is 1.26 bits per heavy atom. The van der Waals surface area contributed by atoms with E-state index in [-0.39, 0.29) is 18.3 Å². The molecule has 0 saturated carbocycles. The molecule has 106 valence electrons. The molecule has 1 aromatic carbocycles. The maximum atomic E-state index is 12.8. The van der Waals surface area contributed by atoms with Crippen LogP contribution in [0.4, 0.5) is 4.39 Å². The van der Waals surface area contributed by atoms with Crippen molar-refractivity contribution in [1.82, 2.24) is 4.90 Å². The van der Waals surface area contributed by atoms with E-state index in [0.717, 1.165) is 38.0 Å². The summed E-state index contributed by atoms with van der Waals surface area (Å²) in [6.07, 6.45) is 2.17. The average molecular weight is 266 g/mol. The summed E-state index contributed by atoms with van der Waals surface area (Å²) in [4.78, 5) is 2.38. The minimum Gasteiger partial charge on any atom is -0.396 e. The fourth-order valence-corrected chi connectivity index (χ4v) is 2.85. The molecule has 1 atom stereocenters. The molecule has 0 radical (unpaired) electrons. The zero-order valence-electron chi connectivity index (χ0n) is 11.3. The van der Waals surface area contributed by atoms with Crippen molar-refractivity contribution in [3.05, 3.63) is 35.6 Å². The first-order valence-corrected chi connectivity index (χ1v) is 7.00. The highest BCUT2D eigenvalue weighted by Crippen LogP contribution is 2.25. The van der Waals surface area contributed by atoms with E-state index in [1.807, 2.05) is 12.1 Å². The van der Waals surface area contributed by atoms with Crippen LogP contribution in [0.2, 0.25) is 0 Å². The molecule has 2 rings (SSSR count). The predicted octanol–water partition coefficient (Wildman–Crippen LogP) is 1.60. The van der Waals surface area contributed by atoms with Gasteiger partial charge in [-0.2, -0.15) is 0 Å². The van der Waals surface area contributed by atoms with Gasteiger partial charge in [-0.3, -0.25) is 4.90 Å². The fraction of sp³-hybridized carbons (Fsp3) is 0.600. The smallest absolute Gasteiger partial charge is 0.123 e. The van der Waals surface area contributed by atoms with Crippen LogP contribution in [0.25, 0.3) is 0 Å². The van der Waals surface area contributed by atoms with Crippen molar-refractivity contribution in [1.29, 1.82) is 0 Å². The highest BCUT2D eigenvalue weighted by atomic mass is 19.1. The number of rotatable bonds is 5. The molecule has 0 aliphatic carbocycles. The van der Waals surface area contributed by atoms with E-state index in [0.29, 0.717) is 12.5 Å². The number of hydrogen-bond donors (Lipinski definition) is 2. The van der Waals surface area contributed by atoms with Crippen LogP contribution < -0.4 is 5.73 Å². The molecule has 1 saturated heterocycles. The lowest BCUT2D eigenvalue weighted by Crippen LogP contribution is -2.38. The van der Waals surface area contributed by atoms with Crippen LogP contribution >= 0.6 is 0 Å². The number of aliphatic hydroxyl groups excluding tert-OH is 1. The maximum absolute atomic E-state index is 12.8. The van der Waals surface area contributed by atoms with Gasteiger partial charge in [0, 0.05) is 13.2 Å². The quantitative estimate of drug-likeness (QED) is 0.851. The molecule has 1 heterocycles. The highest BCUT2D eigenvalue weighted by Gasteiger charge is 2.25. The molecule has 1 aromatic rings. The molecule has 1 fully saturated rings. The summed E-state index contributed by atoms with van der Waals surface area (Å²) >= 11 is 0. The minimum absolute atomic E-state index is 0.184. The second kappa shape index (κ2) is 6.98. The topological polar surface area (TPSA) is 49.5 Å². The maximum Gasteiger partial charge on any atom is 0.123 e. The van der Waals surface area contributed by atoms with Gasteiger partial charge in [0.15, 0.2) is 0 Å². The summed E-state index contributed by atoms with van der Waals surface area (Å²) in [5.74, 6) is 0.601. The Morgan fingerprint density at radius 3 is 2.42 bits per heavy atom. The fourth-order valence-electron chi connectivity index (χ4n) is 2.85. The first-order chi connectivity index (χ1) is 9.22. The van der Waals surface area contributed by atoms with Crippen LogP contribution in [0.1, 0.15) is 18.4 Å². The second-order valence-corrected chi connectivity index (χ2v) is 5.42. The van der Waals surface area contributed by atoms with Gasteiger partial charge in [0.2, 0.25) is 0 Å². The SMILES string of the molecule is NCC(CO)C1CCN(Cc2ccc(F)cc2)CC1. The minimum atomic E-state index is -0.184. The molecule has 3 nitrogen and oxygen atoms in total. The normalized spacial score (nSPS) is 19.5. The van der Waals surface area contributed by atoms with Gasteiger partial charge in [-0.05, 0) is 62.0 Å². The molecule has 1 unspecified atom stereocenters. The number of nitrogens with two attached hydrogens (primary N) is 1. The monoisotopic (exact) mass is 266 g/mol. The molecule has 19 heavy (non-hydrogen) atoms. The first kappa shape index (κ1) is 14.4. The van der Waals surface area contributed by atoms with Gasteiger partial charge in [-0.15, -0.1) is 0 Å². The lowest BCUT2D eigenvalue weighted by Gasteiger charge is -2.35. The van der Waals surface area contributed by atoms with Gasteiger partial charge in [0.25, 0.3) is 0 Å². The molecule has 0 amide bonds.